The van der Waals surface area contributed by atoms with Crippen molar-refractivity contribution in [1.29, 1.82) is 0 Å². The van der Waals surface area contributed by atoms with E-state index in [-0.39, 0.29) is 11.3 Å². The number of hydrogen-bond donors (Lipinski definition) is 4. The Bertz CT molecular complexity index is 527. The van der Waals surface area contributed by atoms with Gasteiger partial charge in [-0.2, -0.15) is 0 Å². The minimum atomic E-state index is -1.50. The average molecular weight is 266 g/mol. The molecule has 0 saturated heterocycles. The molecule has 0 radical (unpaired) electrons. The van der Waals surface area contributed by atoms with Crippen molar-refractivity contribution >= 4 is 23.5 Å². The molecule has 0 aliphatic heterocycles. The Morgan fingerprint density at radius 1 is 1.32 bits per heavy atom. The van der Waals surface area contributed by atoms with Gasteiger partial charge in [-0.05, 0) is 19.1 Å². The Balaban J connectivity index is 2.90. The monoisotopic (exact) mass is 266 g/mol. The van der Waals surface area contributed by atoms with Crippen LogP contribution in [-0.4, -0.2) is 34.1 Å². The summed E-state index contributed by atoms with van der Waals surface area (Å²) in [5, 5.41) is 19.5. The van der Waals surface area contributed by atoms with Crippen LogP contribution in [0.1, 0.15) is 22.3 Å². The van der Waals surface area contributed by atoms with Crippen molar-refractivity contribution in [3.05, 3.63) is 29.3 Å². The third kappa shape index (κ3) is 3.98. The Hall–Kier alpha value is -2.57. The fourth-order valence-electron chi connectivity index (χ4n) is 1.48. The first kappa shape index (κ1) is 14.5. The van der Waals surface area contributed by atoms with Gasteiger partial charge in [-0.3, -0.25) is 9.59 Å². The molecule has 0 saturated carbocycles. The number of nitrogen functional groups attached to an aromatic ring is 1. The van der Waals surface area contributed by atoms with E-state index in [0.29, 0.717) is 0 Å². The second-order valence-electron chi connectivity index (χ2n) is 4.05. The number of carboxylic acids is 2. The number of carboxylic acid groups (broad SMARTS) is 2. The highest BCUT2D eigenvalue weighted by molar-refractivity contribution is 6.01. The number of benzene rings is 1. The number of hydrogen-bond acceptors (Lipinski definition) is 4. The molecule has 1 amide bonds. The summed E-state index contributed by atoms with van der Waals surface area (Å²) >= 11 is 0. The van der Waals surface area contributed by atoms with E-state index in [0.717, 1.165) is 5.56 Å². The molecule has 0 bridgehead atoms. The highest BCUT2D eigenvalue weighted by Gasteiger charge is 2.24. The summed E-state index contributed by atoms with van der Waals surface area (Å²) in [5.41, 5.74) is 6.72. The van der Waals surface area contributed by atoms with Crippen LogP contribution < -0.4 is 11.1 Å². The number of carbonyl (C=O) groups is 3. The Morgan fingerprint density at radius 2 is 1.95 bits per heavy atom. The lowest BCUT2D eigenvalue weighted by Gasteiger charge is -2.13. The molecule has 1 atom stereocenters. The van der Waals surface area contributed by atoms with Gasteiger partial charge in [0.15, 0.2) is 0 Å². The van der Waals surface area contributed by atoms with Gasteiger partial charge >= 0.3 is 11.9 Å². The molecule has 102 valence electrons. The van der Waals surface area contributed by atoms with Gasteiger partial charge in [0.05, 0.1) is 12.0 Å². The predicted molar refractivity (Wildman–Crippen MR) is 66.7 cm³/mol. The quantitative estimate of drug-likeness (QED) is 0.565. The highest BCUT2D eigenvalue weighted by Crippen LogP contribution is 2.14. The van der Waals surface area contributed by atoms with Gasteiger partial charge in [0.25, 0.3) is 5.91 Å². The van der Waals surface area contributed by atoms with Crippen LogP contribution in [0.2, 0.25) is 0 Å². The van der Waals surface area contributed by atoms with Crippen LogP contribution in [0.5, 0.6) is 0 Å². The molecule has 1 aromatic carbocycles. The number of aryl methyl sites for hydroxylation is 1. The summed E-state index contributed by atoms with van der Waals surface area (Å²) in [6.07, 6.45) is -0.702. The standard InChI is InChI=1S/C12H14N2O5/c1-6-2-3-8(13)7(4-6)11(17)14-9(12(18)19)5-10(15)16/h2-4,9H,5,13H2,1H3,(H,14,17)(H,15,16)(H,18,19)/t9-/m0/s1. The first-order valence-corrected chi connectivity index (χ1v) is 5.43. The number of amides is 1. The Labute approximate surface area is 109 Å². The van der Waals surface area contributed by atoms with Gasteiger partial charge in [0.2, 0.25) is 0 Å². The molecule has 19 heavy (non-hydrogen) atoms. The molecular weight excluding hydrogens is 252 g/mol. The van der Waals surface area contributed by atoms with Crippen LogP contribution in [0, 0.1) is 6.92 Å². The fraction of sp³-hybridized carbons (Fsp3) is 0.250. The molecule has 0 aliphatic rings. The van der Waals surface area contributed by atoms with Gasteiger partial charge in [-0.1, -0.05) is 11.6 Å². The van der Waals surface area contributed by atoms with E-state index in [1.54, 1.807) is 13.0 Å². The molecule has 7 nitrogen and oxygen atoms in total. The first-order valence-electron chi connectivity index (χ1n) is 5.43. The number of aliphatic carboxylic acids is 2. The maximum atomic E-state index is 11.9. The molecule has 0 spiro atoms. The average Bonchev–Trinajstić information content (AvgIpc) is 2.30. The smallest absolute Gasteiger partial charge is 0.326 e. The zero-order chi connectivity index (χ0) is 14.6. The van der Waals surface area contributed by atoms with Crippen LogP contribution in [0.25, 0.3) is 0 Å². The number of nitrogens with one attached hydrogen (secondary N) is 1. The molecule has 7 heteroatoms. The van der Waals surface area contributed by atoms with E-state index in [1.807, 2.05) is 0 Å². The summed E-state index contributed by atoms with van der Waals surface area (Å²) in [7, 11) is 0. The van der Waals surface area contributed by atoms with Crippen molar-refractivity contribution in [1.82, 2.24) is 5.32 Å². The number of rotatable bonds is 5. The molecule has 0 aliphatic carbocycles. The summed E-state index contributed by atoms with van der Waals surface area (Å²) in [5.74, 6) is -3.44. The molecule has 1 aromatic rings. The summed E-state index contributed by atoms with van der Waals surface area (Å²) < 4.78 is 0. The molecule has 0 heterocycles. The van der Waals surface area contributed by atoms with E-state index in [1.165, 1.54) is 12.1 Å². The number of nitrogens with two attached hydrogens (primary N) is 1. The van der Waals surface area contributed by atoms with E-state index < -0.39 is 30.3 Å². The van der Waals surface area contributed by atoms with Gasteiger partial charge in [-0.15, -0.1) is 0 Å². The molecule has 5 N–H and O–H groups in total. The second-order valence-corrected chi connectivity index (χ2v) is 4.05. The van der Waals surface area contributed by atoms with Crippen LogP contribution in [-0.2, 0) is 9.59 Å². The number of carbonyl (C=O) groups excluding carboxylic acids is 1. The number of anilines is 1. The maximum Gasteiger partial charge on any atom is 0.326 e. The highest BCUT2D eigenvalue weighted by atomic mass is 16.4. The molecular formula is C12H14N2O5. The van der Waals surface area contributed by atoms with Crippen molar-refractivity contribution in [2.24, 2.45) is 0 Å². The van der Waals surface area contributed by atoms with Crippen LogP contribution in [0.15, 0.2) is 18.2 Å². The Morgan fingerprint density at radius 3 is 2.47 bits per heavy atom. The zero-order valence-electron chi connectivity index (χ0n) is 10.2. The fourth-order valence-corrected chi connectivity index (χ4v) is 1.48. The predicted octanol–water partition coefficient (Wildman–Crippen LogP) is 0.235. The largest absolute Gasteiger partial charge is 0.481 e. The molecule has 0 fully saturated rings. The van der Waals surface area contributed by atoms with E-state index in [2.05, 4.69) is 5.32 Å². The van der Waals surface area contributed by atoms with Gasteiger partial charge in [0.1, 0.15) is 6.04 Å². The summed E-state index contributed by atoms with van der Waals surface area (Å²) in [4.78, 5) is 33.2. The van der Waals surface area contributed by atoms with Crippen molar-refractivity contribution in [3.8, 4) is 0 Å². The normalized spacial score (nSPS) is 11.6. The van der Waals surface area contributed by atoms with Gasteiger partial charge in [-0.25, -0.2) is 4.79 Å². The minimum Gasteiger partial charge on any atom is -0.481 e. The molecule has 0 aromatic heterocycles. The van der Waals surface area contributed by atoms with Crippen LogP contribution in [0.4, 0.5) is 5.69 Å². The van der Waals surface area contributed by atoms with Gasteiger partial charge < -0.3 is 21.3 Å². The third-order valence-electron chi connectivity index (χ3n) is 2.44. The lowest BCUT2D eigenvalue weighted by Crippen LogP contribution is -2.42. The second kappa shape index (κ2) is 5.85. The van der Waals surface area contributed by atoms with Gasteiger partial charge in [0, 0.05) is 5.69 Å². The SMILES string of the molecule is Cc1ccc(N)c(C(=O)N[C@@H](CC(=O)O)C(=O)O)c1. The van der Waals surface area contributed by atoms with E-state index in [4.69, 9.17) is 15.9 Å². The molecule has 0 unspecified atom stereocenters. The van der Waals surface area contributed by atoms with Crippen molar-refractivity contribution in [2.45, 2.75) is 19.4 Å². The van der Waals surface area contributed by atoms with Crippen molar-refractivity contribution < 1.29 is 24.6 Å². The van der Waals surface area contributed by atoms with Crippen molar-refractivity contribution in [2.75, 3.05) is 5.73 Å². The van der Waals surface area contributed by atoms with Crippen LogP contribution in [0.3, 0.4) is 0 Å². The van der Waals surface area contributed by atoms with Crippen molar-refractivity contribution in [3.63, 3.8) is 0 Å². The molecule has 1 rings (SSSR count). The van der Waals surface area contributed by atoms with E-state index in [9.17, 15) is 14.4 Å². The lowest BCUT2D eigenvalue weighted by molar-refractivity contribution is -0.145. The first-order chi connectivity index (χ1) is 8.81. The zero-order valence-corrected chi connectivity index (χ0v) is 10.2. The lowest BCUT2D eigenvalue weighted by atomic mass is 10.1. The third-order valence-corrected chi connectivity index (χ3v) is 2.44. The Kier molecular flexibility index (Phi) is 4.46. The summed E-state index contributed by atoms with van der Waals surface area (Å²) in [6, 6.07) is 3.24. The topological polar surface area (TPSA) is 130 Å². The maximum absolute atomic E-state index is 11.9. The van der Waals surface area contributed by atoms with E-state index >= 15 is 0 Å². The summed E-state index contributed by atoms with van der Waals surface area (Å²) in [6.45, 7) is 1.75. The van der Waals surface area contributed by atoms with Crippen LogP contribution >= 0.6 is 0 Å². The minimum absolute atomic E-state index is 0.122.